The molecular formula is C23H26N2O8S. The van der Waals surface area contributed by atoms with E-state index in [9.17, 15) is 18.0 Å². The quantitative estimate of drug-likeness (QED) is 0.543. The molecule has 0 atom stereocenters. The number of piperazine rings is 1. The second kappa shape index (κ2) is 9.90. The van der Waals surface area contributed by atoms with Crippen LogP contribution < -0.4 is 9.47 Å². The number of carbonyl (C=O) groups excluding carboxylic acids is 2. The molecule has 2 aliphatic heterocycles. The van der Waals surface area contributed by atoms with Crippen molar-refractivity contribution < 1.29 is 36.6 Å². The molecule has 1 aromatic heterocycles. The number of carbonyl (C=O) groups is 2. The second-order valence-corrected chi connectivity index (χ2v) is 9.47. The Labute approximate surface area is 197 Å². The van der Waals surface area contributed by atoms with Crippen LogP contribution in [0.5, 0.6) is 11.5 Å². The van der Waals surface area contributed by atoms with Crippen LogP contribution in [0.3, 0.4) is 0 Å². The molecule has 0 unspecified atom stereocenters. The summed E-state index contributed by atoms with van der Waals surface area (Å²) in [6.45, 7) is 4.93. The summed E-state index contributed by atoms with van der Waals surface area (Å²) >= 11 is 0. The van der Waals surface area contributed by atoms with E-state index in [1.807, 2.05) is 25.1 Å². The summed E-state index contributed by atoms with van der Waals surface area (Å²) in [5.41, 5.74) is 1.25. The van der Waals surface area contributed by atoms with E-state index in [0.29, 0.717) is 23.7 Å². The normalized spacial score (nSPS) is 16.3. The van der Waals surface area contributed by atoms with E-state index in [4.69, 9.17) is 18.6 Å². The van der Waals surface area contributed by atoms with Crippen molar-refractivity contribution >= 4 is 28.0 Å². The third-order valence-electron chi connectivity index (χ3n) is 5.46. The molecule has 11 heteroatoms. The van der Waals surface area contributed by atoms with Gasteiger partial charge in [0.25, 0.3) is 15.9 Å². The number of hydrogen-bond donors (Lipinski definition) is 0. The number of furan rings is 1. The number of amides is 1. The summed E-state index contributed by atoms with van der Waals surface area (Å²) in [5.74, 6) is 0.138. The predicted octanol–water partition coefficient (Wildman–Crippen LogP) is 2.16. The number of hydrogen-bond acceptors (Lipinski definition) is 8. The average molecular weight is 491 g/mol. The van der Waals surface area contributed by atoms with Crippen LogP contribution in [-0.2, 0) is 19.6 Å². The van der Waals surface area contributed by atoms with E-state index in [-0.39, 0.29) is 56.2 Å². The van der Waals surface area contributed by atoms with Crippen molar-refractivity contribution in [2.24, 2.45) is 0 Å². The molecule has 2 aromatic rings. The lowest BCUT2D eigenvalue weighted by atomic mass is 10.1. The van der Waals surface area contributed by atoms with Gasteiger partial charge in [-0.25, -0.2) is 13.2 Å². The summed E-state index contributed by atoms with van der Waals surface area (Å²) in [4.78, 5) is 26.4. The highest BCUT2D eigenvalue weighted by atomic mass is 32.2. The SMILES string of the molecule is CCOC(=O)c1ccc(S(=O)(=O)N2CCN(C(=O)C3=Cc4cccc(OCC)c4OC3)CC2)o1. The number of para-hydroxylation sites is 1. The molecule has 0 aliphatic carbocycles. The molecule has 4 rings (SSSR count). The van der Waals surface area contributed by atoms with Crippen molar-refractivity contribution in [3.8, 4) is 11.5 Å². The van der Waals surface area contributed by atoms with Gasteiger partial charge in [0, 0.05) is 31.7 Å². The summed E-state index contributed by atoms with van der Waals surface area (Å²) in [6.07, 6.45) is 1.78. The third kappa shape index (κ3) is 4.66. The minimum Gasteiger partial charge on any atom is -0.490 e. The van der Waals surface area contributed by atoms with Crippen LogP contribution in [0.15, 0.2) is 45.4 Å². The van der Waals surface area contributed by atoms with E-state index >= 15 is 0 Å². The van der Waals surface area contributed by atoms with Crippen LogP contribution in [0.4, 0.5) is 0 Å². The first-order valence-corrected chi connectivity index (χ1v) is 12.4. The molecule has 2 aliphatic rings. The van der Waals surface area contributed by atoms with Crippen molar-refractivity contribution in [3.05, 3.63) is 47.2 Å². The Hall–Kier alpha value is -3.31. The van der Waals surface area contributed by atoms with Crippen LogP contribution >= 0.6 is 0 Å². The molecule has 0 spiro atoms. The molecule has 1 saturated heterocycles. The van der Waals surface area contributed by atoms with Crippen LogP contribution in [0.2, 0.25) is 0 Å². The summed E-state index contributed by atoms with van der Waals surface area (Å²) in [5, 5.41) is -0.333. The Bertz CT molecular complexity index is 1210. The maximum absolute atomic E-state index is 13.0. The lowest BCUT2D eigenvalue weighted by Gasteiger charge is -2.34. The zero-order valence-corrected chi connectivity index (χ0v) is 19.8. The lowest BCUT2D eigenvalue weighted by molar-refractivity contribution is -0.128. The van der Waals surface area contributed by atoms with Gasteiger partial charge in [0.15, 0.2) is 11.5 Å². The first-order chi connectivity index (χ1) is 16.3. The molecule has 1 amide bonds. The minimum absolute atomic E-state index is 0.0999. The first kappa shape index (κ1) is 23.8. The van der Waals surface area contributed by atoms with E-state index in [0.717, 1.165) is 5.56 Å². The van der Waals surface area contributed by atoms with Gasteiger partial charge in [-0.1, -0.05) is 12.1 Å². The molecule has 1 fully saturated rings. The number of fused-ring (bicyclic) bond motifs is 1. The maximum atomic E-state index is 13.0. The van der Waals surface area contributed by atoms with Gasteiger partial charge in [-0.05, 0) is 38.1 Å². The van der Waals surface area contributed by atoms with Crippen LogP contribution in [0.25, 0.3) is 6.08 Å². The predicted molar refractivity (Wildman–Crippen MR) is 121 cm³/mol. The highest BCUT2D eigenvalue weighted by Crippen LogP contribution is 2.36. The molecule has 10 nitrogen and oxygen atoms in total. The van der Waals surface area contributed by atoms with Gasteiger partial charge in [-0.2, -0.15) is 4.31 Å². The zero-order chi connectivity index (χ0) is 24.3. The molecule has 3 heterocycles. The Kier molecular flexibility index (Phi) is 6.94. The lowest BCUT2D eigenvalue weighted by Crippen LogP contribution is -2.51. The maximum Gasteiger partial charge on any atom is 0.374 e. The monoisotopic (exact) mass is 490 g/mol. The number of esters is 1. The number of benzene rings is 1. The van der Waals surface area contributed by atoms with E-state index < -0.39 is 16.0 Å². The Morgan fingerprint density at radius 3 is 2.50 bits per heavy atom. The standard InChI is InChI=1S/C23H26N2O8S/c1-3-30-18-7-5-6-16-14-17(15-32-21(16)18)22(26)24-10-12-25(13-11-24)34(28,29)20-9-8-19(33-20)23(27)31-4-2/h5-9,14H,3-4,10-13,15H2,1-2H3. The third-order valence-corrected chi connectivity index (χ3v) is 7.24. The van der Waals surface area contributed by atoms with Crippen molar-refractivity contribution in [1.29, 1.82) is 0 Å². The van der Waals surface area contributed by atoms with E-state index in [2.05, 4.69) is 0 Å². The van der Waals surface area contributed by atoms with Crippen LogP contribution in [0, 0.1) is 0 Å². The van der Waals surface area contributed by atoms with Crippen molar-refractivity contribution in [2.45, 2.75) is 18.9 Å². The fourth-order valence-electron chi connectivity index (χ4n) is 3.81. The number of rotatable bonds is 7. The van der Waals surface area contributed by atoms with E-state index in [1.165, 1.54) is 16.4 Å². The van der Waals surface area contributed by atoms with Crippen LogP contribution in [0.1, 0.15) is 30.0 Å². The fourth-order valence-corrected chi connectivity index (χ4v) is 5.14. The van der Waals surface area contributed by atoms with Crippen molar-refractivity contribution in [1.82, 2.24) is 9.21 Å². The zero-order valence-electron chi connectivity index (χ0n) is 19.0. The molecule has 0 radical (unpaired) electrons. The highest BCUT2D eigenvalue weighted by molar-refractivity contribution is 7.89. The first-order valence-electron chi connectivity index (χ1n) is 11.0. The molecule has 34 heavy (non-hydrogen) atoms. The topological polar surface area (TPSA) is 116 Å². The second-order valence-electron chi connectivity index (χ2n) is 7.60. The summed E-state index contributed by atoms with van der Waals surface area (Å²) in [6, 6.07) is 8.01. The van der Waals surface area contributed by atoms with Gasteiger partial charge in [-0.15, -0.1) is 0 Å². The Balaban J connectivity index is 1.41. The van der Waals surface area contributed by atoms with Gasteiger partial charge >= 0.3 is 5.97 Å². The van der Waals surface area contributed by atoms with Gasteiger partial charge in [-0.3, -0.25) is 4.79 Å². The largest absolute Gasteiger partial charge is 0.490 e. The Morgan fingerprint density at radius 1 is 1.03 bits per heavy atom. The molecule has 182 valence electrons. The molecular weight excluding hydrogens is 464 g/mol. The number of nitrogens with zero attached hydrogens (tertiary/aromatic N) is 2. The van der Waals surface area contributed by atoms with Gasteiger partial charge in [0.2, 0.25) is 10.9 Å². The summed E-state index contributed by atoms with van der Waals surface area (Å²) in [7, 11) is -3.95. The molecule has 1 aromatic carbocycles. The number of sulfonamides is 1. The Morgan fingerprint density at radius 2 is 1.79 bits per heavy atom. The van der Waals surface area contributed by atoms with Crippen molar-refractivity contribution in [2.75, 3.05) is 46.0 Å². The molecule has 0 bridgehead atoms. The minimum atomic E-state index is -3.95. The molecule has 0 N–H and O–H groups in total. The number of ether oxygens (including phenoxy) is 3. The van der Waals surface area contributed by atoms with Gasteiger partial charge in [0.1, 0.15) is 6.61 Å². The highest BCUT2D eigenvalue weighted by Gasteiger charge is 2.34. The van der Waals surface area contributed by atoms with Crippen LogP contribution in [-0.4, -0.2) is 75.5 Å². The molecule has 0 saturated carbocycles. The fraction of sp³-hybridized carbons (Fsp3) is 0.391. The van der Waals surface area contributed by atoms with E-state index in [1.54, 1.807) is 17.9 Å². The average Bonchev–Trinajstić information content (AvgIpc) is 3.35. The summed E-state index contributed by atoms with van der Waals surface area (Å²) < 4.78 is 48.5. The van der Waals surface area contributed by atoms with Gasteiger partial charge < -0.3 is 23.5 Å². The van der Waals surface area contributed by atoms with Gasteiger partial charge in [0.05, 0.1) is 18.8 Å². The van der Waals surface area contributed by atoms with Crippen molar-refractivity contribution in [3.63, 3.8) is 0 Å². The smallest absolute Gasteiger partial charge is 0.374 e.